The molecule has 0 spiro atoms. The number of aryl methyl sites for hydroxylation is 2. The van der Waals surface area contributed by atoms with Crippen molar-refractivity contribution in [2.24, 2.45) is 0 Å². The van der Waals surface area contributed by atoms with Crippen LogP contribution in [0.25, 0.3) is 5.65 Å². The SMILES string of the molecule is Cc1cccc(C(C)C)c1NC(=O)COC(=O)c1c(C)nn2cccnc12. The van der Waals surface area contributed by atoms with Crippen molar-refractivity contribution in [2.75, 3.05) is 11.9 Å². The number of ether oxygens (including phenoxy) is 1. The van der Waals surface area contributed by atoms with Gasteiger partial charge in [0.2, 0.25) is 0 Å². The fourth-order valence-corrected chi connectivity index (χ4v) is 2.96. The molecule has 0 aliphatic carbocycles. The number of hydrogen-bond acceptors (Lipinski definition) is 5. The van der Waals surface area contributed by atoms with Gasteiger partial charge in [-0.05, 0) is 37.0 Å². The molecule has 0 radical (unpaired) electrons. The molecule has 0 unspecified atom stereocenters. The molecule has 2 aromatic heterocycles. The number of amides is 1. The van der Waals surface area contributed by atoms with E-state index in [1.165, 1.54) is 4.52 Å². The number of benzene rings is 1. The van der Waals surface area contributed by atoms with Crippen LogP contribution in [0.3, 0.4) is 0 Å². The van der Waals surface area contributed by atoms with Gasteiger partial charge in [-0.1, -0.05) is 32.0 Å². The van der Waals surface area contributed by atoms with Gasteiger partial charge in [-0.2, -0.15) is 5.10 Å². The number of nitrogens with one attached hydrogen (secondary N) is 1. The molecule has 140 valence electrons. The minimum absolute atomic E-state index is 0.259. The van der Waals surface area contributed by atoms with Crippen LogP contribution in [0.2, 0.25) is 0 Å². The molecule has 1 amide bonds. The van der Waals surface area contributed by atoms with Crippen LogP contribution in [0.15, 0.2) is 36.7 Å². The lowest BCUT2D eigenvalue weighted by atomic mass is 9.98. The van der Waals surface area contributed by atoms with Crippen molar-refractivity contribution in [3.8, 4) is 0 Å². The molecule has 27 heavy (non-hydrogen) atoms. The average Bonchev–Trinajstić information content (AvgIpc) is 2.97. The molecule has 0 aliphatic heterocycles. The molecule has 3 aromatic rings. The molecular weight excluding hydrogens is 344 g/mol. The fraction of sp³-hybridized carbons (Fsp3) is 0.300. The fourth-order valence-electron chi connectivity index (χ4n) is 2.96. The number of aromatic nitrogens is 3. The zero-order chi connectivity index (χ0) is 19.6. The Balaban J connectivity index is 1.71. The van der Waals surface area contributed by atoms with Gasteiger partial charge in [0.25, 0.3) is 5.91 Å². The molecule has 0 fully saturated rings. The predicted octanol–water partition coefficient (Wildman–Crippen LogP) is 3.27. The first-order valence-electron chi connectivity index (χ1n) is 8.75. The third-order valence-electron chi connectivity index (χ3n) is 4.30. The van der Waals surface area contributed by atoms with E-state index < -0.39 is 5.97 Å². The first kappa shape index (κ1) is 18.6. The summed E-state index contributed by atoms with van der Waals surface area (Å²) >= 11 is 0. The van der Waals surface area contributed by atoms with E-state index in [0.717, 1.165) is 16.8 Å². The van der Waals surface area contributed by atoms with E-state index in [4.69, 9.17) is 4.74 Å². The molecule has 0 bridgehead atoms. The number of carbonyl (C=O) groups excluding carboxylic acids is 2. The maximum Gasteiger partial charge on any atom is 0.344 e. The van der Waals surface area contributed by atoms with Crippen LogP contribution < -0.4 is 5.32 Å². The lowest BCUT2D eigenvalue weighted by Crippen LogP contribution is -2.22. The topological polar surface area (TPSA) is 85.6 Å². The molecular formula is C20H22N4O3. The molecule has 0 saturated carbocycles. The van der Waals surface area contributed by atoms with Crippen molar-refractivity contribution in [1.82, 2.24) is 14.6 Å². The summed E-state index contributed by atoms with van der Waals surface area (Å²) in [6.45, 7) is 7.38. The number of anilines is 1. The summed E-state index contributed by atoms with van der Waals surface area (Å²) < 4.78 is 6.71. The minimum atomic E-state index is -0.620. The number of rotatable bonds is 5. The summed E-state index contributed by atoms with van der Waals surface area (Å²) in [6.07, 6.45) is 3.27. The number of fused-ring (bicyclic) bond motifs is 1. The highest BCUT2D eigenvalue weighted by Crippen LogP contribution is 2.27. The first-order valence-corrected chi connectivity index (χ1v) is 8.75. The lowest BCUT2D eigenvalue weighted by Gasteiger charge is -2.16. The van der Waals surface area contributed by atoms with Crippen LogP contribution in [0.4, 0.5) is 5.69 Å². The van der Waals surface area contributed by atoms with E-state index in [9.17, 15) is 9.59 Å². The number of esters is 1. The molecule has 1 N–H and O–H groups in total. The van der Waals surface area contributed by atoms with E-state index in [1.807, 2.05) is 25.1 Å². The van der Waals surface area contributed by atoms with Gasteiger partial charge in [-0.3, -0.25) is 4.79 Å². The Morgan fingerprint density at radius 3 is 2.74 bits per heavy atom. The van der Waals surface area contributed by atoms with Gasteiger partial charge in [-0.25, -0.2) is 14.3 Å². The third kappa shape index (κ3) is 3.81. The van der Waals surface area contributed by atoms with Crippen LogP contribution in [0.5, 0.6) is 0 Å². The van der Waals surface area contributed by atoms with Crippen LogP contribution in [-0.2, 0) is 9.53 Å². The third-order valence-corrected chi connectivity index (χ3v) is 4.30. The zero-order valence-corrected chi connectivity index (χ0v) is 15.8. The second-order valence-electron chi connectivity index (χ2n) is 6.67. The van der Waals surface area contributed by atoms with Crippen LogP contribution >= 0.6 is 0 Å². The number of hydrogen-bond donors (Lipinski definition) is 1. The molecule has 0 atom stereocenters. The number of carbonyl (C=O) groups is 2. The second kappa shape index (κ2) is 7.57. The summed E-state index contributed by atoms with van der Waals surface area (Å²) in [4.78, 5) is 28.9. The van der Waals surface area contributed by atoms with E-state index in [2.05, 4.69) is 29.2 Å². The van der Waals surface area contributed by atoms with E-state index >= 15 is 0 Å². The van der Waals surface area contributed by atoms with Crippen LogP contribution in [-0.4, -0.2) is 33.1 Å². The van der Waals surface area contributed by atoms with Crippen LogP contribution in [0.1, 0.15) is 46.9 Å². The molecule has 7 heteroatoms. The smallest absolute Gasteiger partial charge is 0.344 e. The van der Waals surface area contributed by atoms with Gasteiger partial charge in [0.1, 0.15) is 5.56 Å². The monoisotopic (exact) mass is 366 g/mol. The summed E-state index contributed by atoms with van der Waals surface area (Å²) in [6, 6.07) is 7.59. The highest BCUT2D eigenvalue weighted by atomic mass is 16.5. The minimum Gasteiger partial charge on any atom is -0.452 e. The number of para-hydroxylation sites is 1. The van der Waals surface area contributed by atoms with Crippen LogP contribution in [0, 0.1) is 13.8 Å². The number of nitrogens with zero attached hydrogens (tertiary/aromatic N) is 3. The largest absolute Gasteiger partial charge is 0.452 e. The molecule has 2 heterocycles. The van der Waals surface area contributed by atoms with Gasteiger partial charge in [0.05, 0.1) is 5.69 Å². The Morgan fingerprint density at radius 2 is 2.00 bits per heavy atom. The van der Waals surface area contributed by atoms with E-state index in [0.29, 0.717) is 11.3 Å². The van der Waals surface area contributed by atoms with E-state index in [1.54, 1.807) is 25.4 Å². The van der Waals surface area contributed by atoms with Gasteiger partial charge in [-0.15, -0.1) is 0 Å². The maximum atomic E-state index is 12.4. The zero-order valence-electron chi connectivity index (χ0n) is 15.8. The Bertz CT molecular complexity index is 1010. The molecule has 0 saturated heterocycles. The summed E-state index contributed by atoms with van der Waals surface area (Å²) in [7, 11) is 0. The quantitative estimate of drug-likeness (QED) is 0.701. The molecule has 1 aromatic carbocycles. The van der Waals surface area contributed by atoms with Gasteiger partial charge < -0.3 is 10.1 Å². The Kier molecular flexibility index (Phi) is 5.21. The molecule has 3 rings (SSSR count). The van der Waals surface area contributed by atoms with Crippen molar-refractivity contribution < 1.29 is 14.3 Å². The second-order valence-corrected chi connectivity index (χ2v) is 6.67. The summed E-state index contributed by atoms with van der Waals surface area (Å²) in [5.74, 6) is -0.748. The summed E-state index contributed by atoms with van der Waals surface area (Å²) in [5.41, 5.74) is 3.94. The van der Waals surface area contributed by atoms with Gasteiger partial charge in [0.15, 0.2) is 12.3 Å². The first-order chi connectivity index (χ1) is 12.9. The van der Waals surface area contributed by atoms with E-state index in [-0.39, 0.29) is 24.0 Å². The maximum absolute atomic E-state index is 12.4. The molecule has 0 aliphatic rings. The highest BCUT2D eigenvalue weighted by molar-refractivity contribution is 5.99. The summed E-state index contributed by atoms with van der Waals surface area (Å²) in [5, 5.41) is 7.08. The Morgan fingerprint density at radius 1 is 1.22 bits per heavy atom. The lowest BCUT2D eigenvalue weighted by molar-refractivity contribution is -0.119. The van der Waals surface area contributed by atoms with Crippen molar-refractivity contribution in [3.63, 3.8) is 0 Å². The Hall–Kier alpha value is -3.22. The van der Waals surface area contributed by atoms with Gasteiger partial charge >= 0.3 is 5.97 Å². The van der Waals surface area contributed by atoms with Crippen molar-refractivity contribution in [3.05, 3.63) is 59.0 Å². The normalized spacial score (nSPS) is 11.0. The van der Waals surface area contributed by atoms with Gasteiger partial charge in [0, 0.05) is 18.1 Å². The average molecular weight is 366 g/mol. The van der Waals surface area contributed by atoms with Crippen molar-refractivity contribution in [1.29, 1.82) is 0 Å². The molecule has 7 nitrogen and oxygen atoms in total. The van der Waals surface area contributed by atoms with Crippen molar-refractivity contribution >= 4 is 23.2 Å². The highest BCUT2D eigenvalue weighted by Gasteiger charge is 2.21. The standard InChI is InChI=1S/C20H22N4O3/c1-12(2)15-8-5-7-13(3)18(15)22-16(25)11-27-20(26)17-14(4)23-24-10-6-9-21-19(17)24/h5-10,12H,11H2,1-4H3,(H,22,25). The Labute approximate surface area is 157 Å². The predicted molar refractivity (Wildman–Crippen MR) is 102 cm³/mol. The van der Waals surface area contributed by atoms with Crippen molar-refractivity contribution in [2.45, 2.75) is 33.6 Å².